The molecule has 98 valence electrons. The lowest BCUT2D eigenvalue weighted by Crippen LogP contribution is -2.31. The lowest BCUT2D eigenvalue weighted by Gasteiger charge is -2.08. The van der Waals surface area contributed by atoms with Crippen LogP contribution in [0, 0.1) is 5.82 Å². The molecule has 1 heterocycles. The average molecular weight is 293 g/mol. The summed E-state index contributed by atoms with van der Waals surface area (Å²) in [6.07, 6.45) is 2.62. The normalized spacial score (nSPS) is 20.9. The van der Waals surface area contributed by atoms with Gasteiger partial charge in [0.15, 0.2) is 10.2 Å². The van der Waals surface area contributed by atoms with Crippen molar-refractivity contribution in [1.82, 2.24) is 10.3 Å². The van der Waals surface area contributed by atoms with Gasteiger partial charge < -0.3 is 10.6 Å². The molecular weight excluding hydrogens is 281 g/mol. The number of rotatable bonds is 3. The fourth-order valence-electron chi connectivity index (χ4n) is 2.06. The van der Waals surface area contributed by atoms with Crippen molar-refractivity contribution < 1.29 is 4.39 Å². The molecule has 0 unspecified atom stereocenters. The van der Waals surface area contributed by atoms with Crippen molar-refractivity contribution in [3.05, 3.63) is 47.2 Å². The van der Waals surface area contributed by atoms with E-state index in [1.165, 1.54) is 17.4 Å². The van der Waals surface area contributed by atoms with E-state index in [2.05, 4.69) is 15.6 Å². The van der Waals surface area contributed by atoms with Crippen LogP contribution in [0.25, 0.3) is 0 Å². The summed E-state index contributed by atoms with van der Waals surface area (Å²) in [5.41, 5.74) is 0.761. The van der Waals surface area contributed by atoms with Crippen molar-refractivity contribution in [2.75, 3.05) is 5.32 Å². The highest BCUT2D eigenvalue weighted by Crippen LogP contribution is 2.41. The molecule has 1 aliphatic rings. The Hall–Kier alpha value is -1.53. The molecule has 0 aliphatic heterocycles. The van der Waals surface area contributed by atoms with Crippen LogP contribution in [-0.4, -0.2) is 16.1 Å². The zero-order valence-corrected chi connectivity index (χ0v) is 11.6. The molecule has 0 amide bonds. The third-order valence-corrected chi connectivity index (χ3v) is 3.97. The molecule has 3 nitrogen and oxygen atoms in total. The second-order valence-corrected chi connectivity index (χ2v) is 5.71. The quantitative estimate of drug-likeness (QED) is 0.853. The summed E-state index contributed by atoms with van der Waals surface area (Å²) in [7, 11) is 0. The Morgan fingerprint density at radius 3 is 3.00 bits per heavy atom. The first kappa shape index (κ1) is 12.5. The molecule has 2 N–H and O–H groups in total. The van der Waals surface area contributed by atoms with Crippen molar-refractivity contribution in [1.29, 1.82) is 0 Å². The van der Waals surface area contributed by atoms with E-state index in [4.69, 9.17) is 12.2 Å². The molecular formula is C13H12FN3S2. The smallest absolute Gasteiger partial charge is 0.188 e. The predicted octanol–water partition coefficient (Wildman–Crippen LogP) is 3.12. The standard InChI is InChI=1S/C13H12FN3S2/c14-10-4-2-1-3-8(10)9-7-11(9)16-12(18)17-13-15-5-6-19-13/h1-6,9,11H,7H2,(H2,15,16,17,18)/t9-,11-/m1/s1. The fraction of sp³-hybridized carbons (Fsp3) is 0.231. The number of thiocarbonyl (C=S) groups is 1. The molecule has 0 spiro atoms. The molecule has 2 aromatic rings. The van der Waals surface area contributed by atoms with Gasteiger partial charge in [-0.2, -0.15) is 0 Å². The zero-order valence-electron chi connectivity index (χ0n) is 9.97. The molecule has 6 heteroatoms. The molecule has 19 heavy (non-hydrogen) atoms. The fourth-order valence-corrected chi connectivity index (χ4v) is 2.91. The summed E-state index contributed by atoms with van der Waals surface area (Å²) in [5, 5.41) is 9.39. The van der Waals surface area contributed by atoms with Gasteiger partial charge in [0.25, 0.3) is 0 Å². The van der Waals surface area contributed by atoms with Gasteiger partial charge in [-0.15, -0.1) is 11.3 Å². The van der Waals surface area contributed by atoms with Gasteiger partial charge in [0, 0.05) is 23.5 Å². The number of aromatic nitrogens is 1. The van der Waals surface area contributed by atoms with Crippen molar-refractivity contribution in [3.8, 4) is 0 Å². The molecule has 1 aromatic carbocycles. The minimum absolute atomic E-state index is 0.143. The monoisotopic (exact) mass is 293 g/mol. The van der Waals surface area contributed by atoms with Gasteiger partial charge in [-0.05, 0) is 30.3 Å². The van der Waals surface area contributed by atoms with E-state index in [9.17, 15) is 4.39 Å². The molecule has 0 saturated heterocycles. The Morgan fingerprint density at radius 2 is 2.26 bits per heavy atom. The largest absolute Gasteiger partial charge is 0.359 e. The number of hydrogen-bond donors (Lipinski definition) is 2. The Bertz CT molecular complexity index is 585. The van der Waals surface area contributed by atoms with Crippen LogP contribution in [0.15, 0.2) is 35.8 Å². The summed E-state index contributed by atoms with van der Waals surface area (Å²) >= 11 is 6.69. The molecule has 1 saturated carbocycles. The van der Waals surface area contributed by atoms with Crippen LogP contribution in [0.5, 0.6) is 0 Å². The highest BCUT2D eigenvalue weighted by atomic mass is 32.1. The molecule has 2 atom stereocenters. The number of thiazole rings is 1. The molecule has 0 bridgehead atoms. The lowest BCUT2D eigenvalue weighted by atomic mass is 10.1. The second kappa shape index (κ2) is 5.22. The van der Waals surface area contributed by atoms with Gasteiger partial charge >= 0.3 is 0 Å². The molecule has 1 fully saturated rings. The molecule has 1 aromatic heterocycles. The number of halogens is 1. The second-order valence-electron chi connectivity index (χ2n) is 4.41. The third kappa shape index (κ3) is 2.90. The van der Waals surface area contributed by atoms with Crippen LogP contribution < -0.4 is 10.6 Å². The van der Waals surface area contributed by atoms with Gasteiger partial charge in [0.2, 0.25) is 0 Å². The summed E-state index contributed by atoms with van der Waals surface area (Å²) < 4.78 is 13.6. The van der Waals surface area contributed by atoms with Crippen molar-refractivity contribution in [3.63, 3.8) is 0 Å². The van der Waals surface area contributed by atoms with Gasteiger partial charge in [-0.1, -0.05) is 18.2 Å². The maximum Gasteiger partial charge on any atom is 0.188 e. The molecule has 1 aliphatic carbocycles. The summed E-state index contributed by atoms with van der Waals surface area (Å²) in [4.78, 5) is 4.10. The number of hydrogen-bond acceptors (Lipinski definition) is 3. The van der Waals surface area contributed by atoms with Crippen LogP contribution >= 0.6 is 23.6 Å². The Balaban J connectivity index is 1.56. The highest BCUT2D eigenvalue weighted by molar-refractivity contribution is 7.80. The third-order valence-electron chi connectivity index (χ3n) is 3.06. The SMILES string of the molecule is Fc1ccccc1[C@H]1C[C@H]1NC(=S)Nc1nccs1. The van der Waals surface area contributed by atoms with E-state index in [1.807, 2.05) is 17.5 Å². The number of benzene rings is 1. The lowest BCUT2D eigenvalue weighted by molar-refractivity contribution is 0.608. The predicted molar refractivity (Wildman–Crippen MR) is 79.0 cm³/mol. The first-order valence-corrected chi connectivity index (χ1v) is 7.24. The van der Waals surface area contributed by atoms with E-state index in [0.717, 1.165) is 17.1 Å². The summed E-state index contributed by atoms with van der Waals surface area (Å²) in [6, 6.07) is 7.10. The summed E-state index contributed by atoms with van der Waals surface area (Å²) in [5.74, 6) is 0.0628. The van der Waals surface area contributed by atoms with Crippen molar-refractivity contribution in [2.24, 2.45) is 0 Å². The number of nitrogens with zero attached hydrogens (tertiary/aromatic N) is 1. The van der Waals surface area contributed by atoms with E-state index in [-0.39, 0.29) is 17.8 Å². The van der Waals surface area contributed by atoms with E-state index in [0.29, 0.717) is 5.11 Å². The number of anilines is 1. The Labute approximate surface area is 119 Å². The van der Waals surface area contributed by atoms with Crippen molar-refractivity contribution >= 4 is 33.8 Å². The van der Waals surface area contributed by atoms with E-state index >= 15 is 0 Å². The Kier molecular flexibility index (Phi) is 3.44. The van der Waals surface area contributed by atoms with Crippen LogP contribution in [0.1, 0.15) is 17.9 Å². The summed E-state index contributed by atoms with van der Waals surface area (Å²) in [6.45, 7) is 0. The minimum atomic E-state index is -0.143. The van der Waals surface area contributed by atoms with Crippen LogP contribution in [0.2, 0.25) is 0 Å². The van der Waals surface area contributed by atoms with E-state index in [1.54, 1.807) is 12.3 Å². The van der Waals surface area contributed by atoms with Crippen LogP contribution in [-0.2, 0) is 0 Å². The highest BCUT2D eigenvalue weighted by Gasteiger charge is 2.40. The van der Waals surface area contributed by atoms with Gasteiger partial charge in [-0.3, -0.25) is 0 Å². The maximum absolute atomic E-state index is 13.6. The first-order valence-electron chi connectivity index (χ1n) is 5.95. The average Bonchev–Trinajstić information content (AvgIpc) is 2.94. The van der Waals surface area contributed by atoms with Gasteiger partial charge in [-0.25, -0.2) is 9.37 Å². The number of nitrogens with one attached hydrogen (secondary N) is 2. The first-order chi connectivity index (χ1) is 9.24. The van der Waals surface area contributed by atoms with Crippen LogP contribution in [0.3, 0.4) is 0 Å². The topological polar surface area (TPSA) is 37.0 Å². The van der Waals surface area contributed by atoms with Crippen LogP contribution in [0.4, 0.5) is 9.52 Å². The maximum atomic E-state index is 13.6. The molecule has 0 radical (unpaired) electrons. The molecule has 3 rings (SSSR count). The zero-order chi connectivity index (χ0) is 13.2. The van der Waals surface area contributed by atoms with Gasteiger partial charge in [0.1, 0.15) is 5.82 Å². The Morgan fingerprint density at radius 1 is 1.42 bits per heavy atom. The van der Waals surface area contributed by atoms with Gasteiger partial charge in [0.05, 0.1) is 0 Å². The van der Waals surface area contributed by atoms with E-state index < -0.39 is 0 Å². The van der Waals surface area contributed by atoms with Crippen molar-refractivity contribution in [2.45, 2.75) is 18.4 Å². The minimum Gasteiger partial charge on any atom is -0.359 e.